The summed E-state index contributed by atoms with van der Waals surface area (Å²) in [6.07, 6.45) is 0. The molecule has 1 amide bonds. The maximum Gasteiger partial charge on any atom is 0.258 e. The first kappa shape index (κ1) is 14.7. The molecule has 1 aliphatic rings. The van der Waals surface area contributed by atoms with E-state index < -0.39 is 11.7 Å². The van der Waals surface area contributed by atoms with Crippen molar-refractivity contribution < 1.29 is 19.0 Å². The van der Waals surface area contributed by atoms with Crippen LogP contribution in [0, 0.1) is 5.82 Å². The van der Waals surface area contributed by atoms with Crippen molar-refractivity contribution in [2.75, 3.05) is 32.8 Å². The lowest BCUT2D eigenvalue weighted by molar-refractivity contribution is 0.0342. The van der Waals surface area contributed by atoms with Crippen LogP contribution in [0.15, 0.2) is 18.2 Å². The molecule has 0 bridgehead atoms. The molecule has 2 N–H and O–H groups in total. The molecule has 0 aliphatic carbocycles. The number of amides is 1. The molecule has 1 fully saturated rings. The second kappa shape index (κ2) is 6.67. The largest absolute Gasteiger partial charge is 0.507 e. The fraction of sp³-hybridized carbons (Fsp3) is 0.500. The van der Waals surface area contributed by atoms with Gasteiger partial charge < -0.3 is 15.2 Å². The van der Waals surface area contributed by atoms with E-state index >= 15 is 0 Å². The number of nitrogens with one attached hydrogen (secondary N) is 1. The SMILES string of the molecule is CC(CN1CCOCC1)NC(=O)c1c(O)cccc1F. The van der Waals surface area contributed by atoms with Gasteiger partial charge in [-0.2, -0.15) is 0 Å². The smallest absolute Gasteiger partial charge is 0.258 e. The van der Waals surface area contributed by atoms with E-state index in [1.54, 1.807) is 0 Å². The van der Waals surface area contributed by atoms with Crippen LogP contribution in [0.1, 0.15) is 17.3 Å². The van der Waals surface area contributed by atoms with Crippen molar-refractivity contribution >= 4 is 5.91 Å². The molecule has 110 valence electrons. The lowest BCUT2D eigenvalue weighted by Gasteiger charge is -2.29. The van der Waals surface area contributed by atoms with Crippen LogP contribution in [0.2, 0.25) is 0 Å². The zero-order valence-corrected chi connectivity index (χ0v) is 11.4. The third kappa shape index (κ3) is 3.68. The summed E-state index contributed by atoms with van der Waals surface area (Å²) in [5.74, 6) is -1.66. The molecule has 1 aliphatic heterocycles. The third-order valence-electron chi connectivity index (χ3n) is 3.23. The van der Waals surface area contributed by atoms with Gasteiger partial charge in [-0.1, -0.05) is 6.07 Å². The van der Waals surface area contributed by atoms with Crippen molar-refractivity contribution in [3.63, 3.8) is 0 Å². The number of aromatic hydroxyl groups is 1. The molecule has 1 saturated heterocycles. The van der Waals surface area contributed by atoms with Crippen LogP contribution in [-0.4, -0.2) is 54.8 Å². The highest BCUT2D eigenvalue weighted by molar-refractivity contribution is 5.97. The average molecular weight is 282 g/mol. The Morgan fingerprint density at radius 2 is 2.20 bits per heavy atom. The Kier molecular flexibility index (Phi) is 4.92. The number of hydrogen-bond donors (Lipinski definition) is 2. The number of phenols is 1. The molecule has 0 saturated carbocycles. The predicted molar refractivity (Wildman–Crippen MR) is 72.3 cm³/mol. The van der Waals surface area contributed by atoms with E-state index in [-0.39, 0.29) is 17.4 Å². The van der Waals surface area contributed by atoms with Crippen molar-refractivity contribution in [2.24, 2.45) is 0 Å². The number of hydrogen-bond acceptors (Lipinski definition) is 4. The van der Waals surface area contributed by atoms with E-state index in [1.807, 2.05) is 6.92 Å². The molecule has 0 aromatic heterocycles. The lowest BCUT2D eigenvalue weighted by atomic mass is 10.1. The van der Waals surface area contributed by atoms with Gasteiger partial charge in [0.05, 0.1) is 13.2 Å². The Balaban J connectivity index is 1.93. The fourth-order valence-corrected chi connectivity index (χ4v) is 2.25. The molecule has 1 aromatic carbocycles. The molecule has 5 nitrogen and oxygen atoms in total. The van der Waals surface area contributed by atoms with Crippen LogP contribution in [0.3, 0.4) is 0 Å². The van der Waals surface area contributed by atoms with Crippen LogP contribution in [0.25, 0.3) is 0 Å². The highest BCUT2D eigenvalue weighted by Crippen LogP contribution is 2.19. The van der Waals surface area contributed by atoms with Gasteiger partial charge in [-0.25, -0.2) is 4.39 Å². The summed E-state index contributed by atoms with van der Waals surface area (Å²) in [5, 5.41) is 12.3. The molecule has 1 atom stereocenters. The zero-order valence-electron chi connectivity index (χ0n) is 11.4. The van der Waals surface area contributed by atoms with Gasteiger partial charge in [0.2, 0.25) is 0 Å². The minimum absolute atomic E-state index is 0.139. The highest BCUT2D eigenvalue weighted by atomic mass is 19.1. The van der Waals surface area contributed by atoms with Gasteiger partial charge in [-0.05, 0) is 19.1 Å². The topological polar surface area (TPSA) is 61.8 Å². The van der Waals surface area contributed by atoms with E-state index in [4.69, 9.17) is 4.74 Å². The maximum absolute atomic E-state index is 13.6. The average Bonchev–Trinajstić information content (AvgIpc) is 2.39. The van der Waals surface area contributed by atoms with Crippen molar-refractivity contribution in [3.05, 3.63) is 29.6 Å². The molecule has 1 aromatic rings. The number of phenolic OH excluding ortho intramolecular Hbond substituents is 1. The summed E-state index contributed by atoms with van der Waals surface area (Å²) in [6.45, 7) is 5.55. The molecular weight excluding hydrogens is 263 g/mol. The molecular formula is C14H19FN2O3. The third-order valence-corrected chi connectivity index (χ3v) is 3.23. The number of carbonyl (C=O) groups is 1. The van der Waals surface area contributed by atoms with Gasteiger partial charge in [-0.15, -0.1) is 0 Å². The molecule has 2 rings (SSSR count). The number of ether oxygens (including phenoxy) is 1. The number of morpholine rings is 1. The van der Waals surface area contributed by atoms with Gasteiger partial charge in [0.25, 0.3) is 5.91 Å². The van der Waals surface area contributed by atoms with Crippen molar-refractivity contribution in [3.8, 4) is 5.75 Å². The summed E-state index contributed by atoms with van der Waals surface area (Å²) in [5.41, 5.74) is -0.304. The Labute approximate surface area is 117 Å². The van der Waals surface area contributed by atoms with Gasteiger partial charge in [-0.3, -0.25) is 9.69 Å². The fourth-order valence-electron chi connectivity index (χ4n) is 2.25. The quantitative estimate of drug-likeness (QED) is 0.864. The van der Waals surface area contributed by atoms with Crippen LogP contribution in [0.5, 0.6) is 5.75 Å². The molecule has 1 unspecified atom stereocenters. The monoisotopic (exact) mass is 282 g/mol. The van der Waals surface area contributed by atoms with Crippen LogP contribution in [0.4, 0.5) is 4.39 Å². The summed E-state index contributed by atoms with van der Waals surface area (Å²) in [7, 11) is 0. The number of benzene rings is 1. The van der Waals surface area contributed by atoms with Crippen LogP contribution < -0.4 is 5.32 Å². The molecule has 1 heterocycles. The normalized spacial score (nSPS) is 17.7. The Hall–Kier alpha value is -1.66. The number of rotatable bonds is 4. The molecule has 0 spiro atoms. The zero-order chi connectivity index (χ0) is 14.5. The minimum Gasteiger partial charge on any atom is -0.507 e. The van der Waals surface area contributed by atoms with Gasteiger partial charge >= 0.3 is 0 Å². The number of carbonyl (C=O) groups excluding carboxylic acids is 1. The second-order valence-corrected chi connectivity index (χ2v) is 4.92. The summed E-state index contributed by atoms with van der Waals surface area (Å²) < 4.78 is 18.8. The summed E-state index contributed by atoms with van der Waals surface area (Å²) in [6, 6.07) is 3.67. The lowest BCUT2D eigenvalue weighted by Crippen LogP contribution is -2.46. The van der Waals surface area contributed by atoms with E-state index in [0.29, 0.717) is 19.8 Å². The highest BCUT2D eigenvalue weighted by Gasteiger charge is 2.20. The van der Waals surface area contributed by atoms with E-state index in [9.17, 15) is 14.3 Å². The Bertz CT molecular complexity index is 455. The van der Waals surface area contributed by atoms with Crippen molar-refractivity contribution in [1.29, 1.82) is 0 Å². The van der Waals surface area contributed by atoms with Gasteiger partial charge in [0.15, 0.2) is 0 Å². The van der Waals surface area contributed by atoms with Gasteiger partial charge in [0.1, 0.15) is 17.1 Å². The first-order valence-corrected chi connectivity index (χ1v) is 6.66. The van der Waals surface area contributed by atoms with Crippen molar-refractivity contribution in [1.82, 2.24) is 10.2 Å². The van der Waals surface area contributed by atoms with E-state index in [2.05, 4.69) is 10.2 Å². The minimum atomic E-state index is -0.721. The first-order chi connectivity index (χ1) is 9.58. The number of nitrogens with zero attached hydrogens (tertiary/aromatic N) is 1. The molecule has 20 heavy (non-hydrogen) atoms. The Morgan fingerprint density at radius 1 is 1.50 bits per heavy atom. The Morgan fingerprint density at radius 3 is 2.85 bits per heavy atom. The van der Waals surface area contributed by atoms with Crippen LogP contribution in [-0.2, 0) is 4.74 Å². The summed E-state index contributed by atoms with van der Waals surface area (Å²) in [4.78, 5) is 14.2. The number of halogens is 1. The first-order valence-electron chi connectivity index (χ1n) is 6.66. The maximum atomic E-state index is 13.6. The van der Waals surface area contributed by atoms with E-state index in [1.165, 1.54) is 12.1 Å². The summed E-state index contributed by atoms with van der Waals surface area (Å²) >= 11 is 0. The van der Waals surface area contributed by atoms with Crippen LogP contribution >= 0.6 is 0 Å². The molecule has 0 radical (unpaired) electrons. The second-order valence-electron chi connectivity index (χ2n) is 4.92. The predicted octanol–water partition coefficient (Wildman–Crippen LogP) is 0.982. The molecule has 6 heteroatoms. The standard InChI is InChI=1S/C14H19FN2O3/c1-10(9-17-5-7-20-8-6-17)16-14(19)13-11(15)3-2-4-12(13)18/h2-4,10,18H,5-9H2,1H3,(H,16,19). The van der Waals surface area contributed by atoms with E-state index in [0.717, 1.165) is 19.2 Å². The van der Waals surface area contributed by atoms with Gasteiger partial charge in [0, 0.05) is 25.7 Å². The van der Waals surface area contributed by atoms with Crippen molar-refractivity contribution in [2.45, 2.75) is 13.0 Å².